The lowest BCUT2D eigenvalue weighted by atomic mass is 10.2. The summed E-state index contributed by atoms with van der Waals surface area (Å²) in [6.07, 6.45) is 0.787. The molecule has 0 unspecified atom stereocenters. The van der Waals surface area contributed by atoms with Crippen LogP contribution in [0.15, 0.2) is 35.2 Å². The van der Waals surface area contributed by atoms with Crippen molar-refractivity contribution >= 4 is 19.7 Å². The van der Waals surface area contributed by atoms with Crippen LogP contribution in [-0.4, -0.2) is 15.0 Å². The third-order valence-corrected chi connectivity index (χ3v) is 3.64. The van der Waals surface area contributed by atoms with E-state index in [4.69, 9.17) is 15.4 Å². The first-order chi connectivity index (χ1) is 7.84. The molecule has 0 aromatic heterocycles. The number of ether oxygens (including phenoxy) is 1. The van der Waals surface area contributed by atoms with Crippen LogP contribution < -0.4 is 4.74 Å². The van der Waals surface area contributed by atoms with Crippen molar-refractivity contribution in [3.63, 3.8) is 0 Å². The Hall–Kier alpha value is -1.00. The summed E-state index contributed by atoms with van der Waals surface area (Å²) >= 11 is 0. The van der Waals surface area contributed by atoms with Gasteiger partial charge in [-0.15, -0.1) is 0 Å². The lowest BCUT2D eigenvalue weighted by Crippen LogP contribution is -2.03. The molecular weight excluding hydrogens is 260 g/mol. The van der Waals surface area contributed by atoms with Gasteiger partial charge in [-0.05, 0) is 36.6 Å². The highest BCUT2D eigenvalue weighted by atomic mass is 35.7. The Morgan fingerprint density at radius 1 is 1.47 bits per heavy atom. The van der Waals surface area contributed by atoms with Gasteiger partial charge in [0.1, 0.15) is 17.3 Å². The molecule has 0 aliphatic carbocycles. The van der Waals surface area contributed by atoms with E-state index in [1.807, 2.05) is 6.92 Å². The van der Waals surface area contributed by atoms with Gasteiger partial charge < -0.3 is 4.74 Å². The third kappa shape index (κ3) is 4.06. The molecule has 0 heterocycles. The maximum absolute atomic E-state index is 11.4. The molecule has 0 bridgehead atoms. The van der Waals surface area contributed by atoms with Gasteiger partial charge in [0.25, 0.3) is 9.05 Å². The molecule has 1 rings (SSSR count). The summed E-state index contributed by atoms with van der Waals surface area (Å²) in [6.45, 7) is 7.83. The van der Waals surface area contributed by atoms with Gasteiger partial charge in [0.05, 0.1) is 0 Å². The van der Waals surface area contributed by atoms with Crippen molar-refractivity contribution in [2.45, 2.75) is 25.2 Å². The van der Waals surface area contributed by atoms with Crippen molar-refractivity contribution in [1.82, 2.24) is 0 Å². The van der Waals surface area contributed by atoms with E-state index in [0.717, 1.165) is 17.6 Å². The van der Waals surface area contributed by atoms with Crippen LogP contribution in [0.4, 0.5) is 0 Å². The van der Waals surface area contributed by atoms with Crippen LogP contribution in [-0.2, 0) is 9.05 Å². The van der Waals surface area contributed by atoms with Crippen LogP contribution in [0.25, 0.3) is 0 Å². The predicted molar refractivity (Wildman–Crippen MR) is 69.1 cm³/mol. The number of hydrogen-bond acceptors (Lipinski definition) is 3. The Bertz CT molecular complexity index is 521. The van der Waals surface area contributed by atoms with E-state index in [-0.39, 0.29) is 10.6 Å². The molecule has 0 aliphatic rings. The molecule has 1 aromatic rings. The highest BCUT2D eigenvalue weighted by Gasteiger charge is 2.17. The predicted octanol–water partition coefficient (Wildman–Crippen LogP) is 3.27. The zero-order valence-electron chi connectivity index (χ0n) is 9.86. The molecule has 94 valence electrons. The number of aryl methyl sites for hydroxylation is 1. The van der Waals surface area contributed by atoms with Gasteiger partial charge in [0, 0.05) is 10.7 Å². The van der Waals surface area contributed by atoms with Gasteiger partial charge in [0.2, 0.25) is 0 Å². The lowest BCUT2D eigenvalue weighted by Gasteiger charge is -2.10. The molecule has 0 atom stereocenters. The summed E-state index contributed by atoms with van der Waals surface area (Å²) in [6, 6.07) is 4.87. The summed E-state index contributed by atoms with van der Waals surface area (Å²) in [5, 5.41) is 0. The van der Waals surface area contributed by atoms with Gasteiger partial charge in [-0.25, -0.2) is 8.42 Å². The molecule has 0 saturated carbocycles. The highest BCUT2D eigenvalue weighted by molar-refractivity contribution is 8.13. The Morgan fingerprint density at radius 3 is 2.65 bits per heavy atom. The molecule has 0 radical (unpaired) electrons. The van der Waals surface area contributed by atoms with Crippen molar-refractivity contribution in [3.05, 3.63) is 35.9 Å². The normalized spacial score (nSPS) is 11.2. The van der Waals surface area contributed by atoms with Gasteiger partial charge in [-0.2, -0.15) is 0 Å². The first kappa shape index (κ1) is 14.1. The van der Waals surface area contributed by atoms with Crippen LogP contribution in [0.5, 0.6) is 5.75 Å². The van der Waals surface area contributed by atoms with Crippen LogP contribution in [0.3, 0.4) is 0 Å². The molecule has 0 saturated heterocycles. The smallest absolute Gasteiger partial charge is 0.264 e. The van der Waals surface area contributed by atoms with Crippen LogP contribution >= 0.6 is 10.7 Å². The average Bonchev–Trinajstić information content (AvgIpc) is 2.25. The number of benzene rings is 1. The SMILES string of the molecule is C=C(CC)COc1ccc(C)cc1S(=O)(=O)Cl. The van der Waals surface area contributed by atoms with Crippen molar-refractivity contribution in [2.75, 3.05) is 6.61 Å². The highest BCUT2D eigenvalue weighted by Crippen LogP contribution is 2.28. The Balaban J connectivity index is 3.04. The van der Waals surface area contributed by atoms with E-state index in [9.17, 15) is 8.42 Å². The van der Waals surface area contributed by atoms with Crippen LogP contribution in [0.2, 0.25) is 0 Å². The minimum atomic E-state index is -3.79. The maximum Gasteiger partial charge on any atom is 0.264 e. The number of rotatable bonds is 5. The van der Waals surface area contributed by atoms with E-state index in [2.05, 4.69) is 6.58 Å². The Morgan fingerprint density at radius 2 is 2.12 bits per heavy atom. The van der Waals surface area contributed by atoms with Gasteiger partial charge in [-0.3, -0.25) is 0 Å². The summed E-state index contributed by atoms with van der Waals surface area (Å²) < 4.78 is 28.2. The van der Waals surface area contributed by atoms with E-state index in [1.165, 1.54) is 6.07 Å². The molecule has 5 heteroatoms. The molecule has 3 nitrogen and oxygen atoms in total. The van der Waals surface area contributed by atoms with E-state index < -0.39 is 9.05 Å². The fourth-order valence-electron chi connectivity index (χ4n) is 1.21. The molecule has 0 amide bonds. The standard InChI is InChI=1S/C12H15ClO3S/c1-4-9(2)8-16-11-6-5-10(3)7-12(11)17(13,14)15/h5-7H,2,4,8H2,1,3H3. The topological polar surface area (TPSA) is 43.4 Å². The second-order valence-corrected chi connectivity index (χ2v) is 6.31. The maximum atomic E-state index is 11.4. The van der Waals surface area contributed by atoms with Crippen molar-refractivity contribution in [1.29, 1.82) is 0 Å². The Kier molecular flexibility index (Phi) is 4.60. The monoisotopic (exact) mass is 274 g/mol. The zero-order chi connectivity index (χ0) is 13.1. The second kappa shape index (κ2) is 5.56. The number of halogens is 1. The van der Waals surface area contributed by atoms with Gasteiger partial charge in [0.15, 0.2) is 0 Å². The molecule has 1 aromatic carbocycles. The molecule has 0 spiro atoms. The van der Waals surface area contributed by atoms with E-state index >= 15 is 0 Å². The minimum Gasteiger partial charge on any atom is -0.488 e. The average molecular weight is 275 g/mol. The summed E-state index contributed by atoms with van der Waals surface area (Å²) in [7, 11) is 1.56. The first-order valence-electron chi connectivity index (χ1n) is 5.19. The van der Waals surface area contributed by atoms with E-state index in [1.54, 1.807) is 19.1 Å². The van der Waals surface area contributed by atoms with Gasteiger partial charge >= 0.3 is 0 Å². The molecule has 0 fully saturated rings. The van der Waals surface area contributed by atoms with Crippen LogP contribution in [0, 0.1) is 6.92 Å². The molecule has 17 heavy (non-hydrogen) atoms. The Labute approximate surface area is 106 Å². The largest absolute Gasteiger partial charge is 0.488 e. The fraction of sp³-hybridized carbons (Fsp3) is 0.333. The molecular formula is C12H15ClO3S. The summed E-state index contributed by atoms with van der Waals surface area (Å²) in [4.78, 5) is 0.00284. The molecule has 0 aliphatic heterocycles. The fourth-order valence-corrected chi connectivity index (χ4v) is 2.26. The lowest BCUT2D eigenvalue weighted by molar-refractivity contribution is 0.340. The summed E-state index contributed by atoms with van der Waals surface area (Å²) in [5.41, 5.74) is 1.70. The first-order valence-corrected chi connectivity index (χ1v) is 7.50. The van der Waals surface area contributed by atoms with Crippen molar-refractivity contribution in [3.8, 4) is 5.75 Å². The van der Waals surface area contributed by atoms with Crippen LogP contribution in [0.1, 0.15) is 18.9 Å². The number of hydrogen-bond donors (Lipinski definition) is 0. The second-order valence-electron chi connectivity index (χ2n) is 3.78. The third-order valence-electron chi connectivity index (χ3n) is 2.29. The quantitative estimate of drug-likeness (QED) is 0.611. The summed E-state index contributed by atoms with van der Waals surface area (Å²) in [5.74, 6) is 0.264. The molecule has 0 N–H and O–H groups in total. The van der Waals surface area contributed by atoms with Crippen molar-refractivity contribution in [2.24, 2.45) is 0 Å². The van der Waals surface area contributed by atoms with E-state index in [0.29, 0.717) is 6.61 Å². The van der Waals surface area contributed by atoms with Gasteiger partial charge in [-0.1, -0.05) is 19.6 Å². The van der Waals surface area contributed by atoms with Crippen molar-refractivity contribution < 1.29 is 13.2 Å². The zero-order valence-corrected chi connectivity index (χ0v) is 11.4. The minimum absolute atomic E-state index is 0.00284.